The van der Waals surface area contributed by atoms with Crippen LogP contribution < -0.4 is 10.6 Å². The third-order valence-electron chi connectivity index (χ3n) is 3.94. The van der Waals surface area contributed by atoms with Crippen LogP contribution in [0.15, 0.2) is 24.3 Å². The molecule has 1 aromatic carbocycles. The molecule has 0 aromatic heterocycles. The highest BCUT2D eigenvalue weighted by Gasteiger charge is 2.34. The van der Waals surface area contributed by atoms with Crippen molar-refractivity contribution in [2.75, 3.05) is 13.1 Å². The minimum Gasteiger partial charge on any atom is -0.383 e. The molecule has 3 N–H and O–H groups in total. The molecular weight excluding hydrogens is 325 g/mol. The average molecular weight is 344 g/mol. The molecule has 8 heteroatoms. The number of halogens is 3. The summed E-state index contributed by atoms with van der Waals surface area (Å²) in [5.41, 5.74) is 0.508. The largest absolute Gasteiger partial charge is 0.405 e. The average Bonchev–Trinajstić information content (AvgIpc) is 2.51. The van der Waals surface area contributed by atoms with Crippen molar-refractivity contribution < 1.29 is 27.9 Å². The lowest BCUT2D eigenvalue weighted by Gasteiger charge is -2.34. The SMILES string of the molecule is O=C(CC(=O)NCC1(O)CCCc2ccccc21)NCC(F)(F)F. The molecular formula is C16H19F3N2O3. The van der Waals surface area contributed by atoms with Crippen molar-refractivity contribution in [2.24, 2.45) is 0 Å². The maximum Gasteiger partial charge on any atom is 0.405 e. The Morgan fingerprint density at radius 3 is 2.54 bits per heavy atom. The van der Waals surface area contributed by atoms with Crippen LogP contribution in [0, 0.1) is 0 Å². The Hall–Kier alpha value is -2.09. The van der Waals surface area contributed by atoms with Gasteiger partial charge in [0, 0.05) is 0 Å². The molecule has 0 saturated heterocycles. The fraction of sp³-hybridized carbons (Fsp3) is 0.500. The van der Waals surface area contributed by atoms with E-state index in [9.17, 15) is 27.9 Å². The van der Waals surface area contributed by atoms with Crippen LogP contribution in [-0.2, 0) is 21.6 Å². The number of amides is 2. The van der Waals surface area contributed by atoms with E-state index in [0.717, 1.165) is 24.0 Å². The third kappa shape index (κ3) is 4.95. The fourth-order valence-corrected chi connectivity index (χ4v) is 2.80. The lowest BCUT2D eigenvalue weighted by atomic mass is 9.79. The van der Waals surface area contributed by atoms with Crippen LogP contribution >= 0.6 is 0 Å². The van der Waals surface area contributed by atoms with Gasteiger partial charge < -0.3 is 15.7 Å². The Morgan fingerprint density at radius 2 is 1.83 bits per heavy atom. The van der Waals surface area contributed by atoms with Crippen LogP contribution in [0.3, 0.4) is 0 Å². The molecule has 1 aliphatic carbocycles. The van der Waals surface area contributed by atoms with Gasteiger partial charge in [0.2, 0.25) is 11.8 Å². The number of carbonyl (C=O) groups excluding carboxylic acids is 2. The number of aryl methyl sites for hydroxylation is 1. The molecule has 2 rings (SSSR count). The summed E-state index contributed by atoms with van der Waals surface area (Å²) in [6.45, 7) is -1.56. The molecule has 2 amide bonds. The highest BCUT2D eigenvalue weighted by atomic mass is 19.4. The Balaban J connectivity index is 1.87. The molecule has 1 aliphatic rings. The quantitative estimate of drug-likeness (QED) is 0.707. The molecule has 0 bridgehead atoms. The topological polar surface area (TPSA) is 78.4 Å². The zero-order valence-corrected chi connectivity index (χ0v) is 12.9. The summed E-state index contributed by atoms with van der Waals surface area (Å²) in [6.07, 6.45) is -3.17. The Kier molecular flexibility index (Phi) is 5.48. The first-order chi connectivity index (χ1) is 11.2. The number of alkyl halides is 3. The van der Waals surface area contributed by atoms with E-state index < -0.39 is 36.6 Å². The monoisotopic (exact) mass is 344 g/mol. The van der Waals surface area contributed by atoms with E-state index >= 15 is 0 Å². The van der Waals surface area contributed by atoms with Gasteiger partial charge in [-0.15, -0.1) is 0 Å². The number of nitrogens with one attached hydrogen (secondary N) is 2. The zero-order chi connectivity index (χ0) is 17.8. The molecule has 0 aliphatic heterocycles. The molecule has 1 atom stereocenters. The molecule has 0 spiro atoms. The van der Waals surface area contributed by atoms with E-state index in [1.54, 1.807) is 17.4 Å². The number of fused-ring (bicyclic) bond motifs is 1. The molecule has 1 unspecified atom stereocenters. The van der Waals surface area contributed by atoms with Crippen molar-refractivity contribution in [1.82, 2.24) is 10.6 Å². The molecule has 0 fully saturated rings. The normalized spacial score (nSPS) is 20.2. The van der Waals surface area contributed by atoms with Gasteiger partial charge in [0.05, 0.1) is 6.54 Å². The number of hydrogen-bond donors (Lipinski definition) is 3. The first-order valence-electron chi connectivity index (χ1n) is 7.60. The van der Waals surface area contributed by atoms with Crippen molar-refractivity contribution in [2.45, 2.75) is 37.5 Å². The standard InChI is InChI=1S/C16H19F3N2O3/c17-16(18,19)10-21-14(23)8-13(22)20-9-15(24)7-3-5-11-4-1-2-6-12(11)15/h1-2,4,6,24H,3,5,7-10H2,(H,20,22)(H,21,23). The first kappa shape index (κ1) is 18.3. The summed E-state index contributed by atoms with van der Waals surface area (Å²) in [4.78, 5) is 23.0. The highest BCUT2D eigenvalue weighted by molar-refractivity contribution is 5.96. The van der Waals surface area contributed by atoms with Crippen molar-refractivity contribution in [3.63, 3.8) is 0 Å². The van der Waals surface area contributed by atoms with Crippen molar-refractivity contribution in [3.05, 3.63) is 35.4 Å². The summed E-state index contributed by atoms with van der Waals surface area (Å²) < 4.78 is 36.0. The predicted octanol–water partition coefficient (Wildman–Crippen LogP) is 1.40. The van der Waals surface area contributed by atoms with Gasteiger partial charge in [0.1, 0.15) is 18.6 Å². The maximum atomic E-state index is 12.0. The van der Waals surface area contributed by atoms with Crippen LogP contribution in [0.5, 0.6) is 0 Å². The van der Waals surface area contributed by atoms with Crippen LogP contribution in [0.25, 0.3) is 0 Å². The molecule has 132 valence electrons. The lowest BCUT2D eigenvalue weighted by Crippen LogP contribution is -2.44. The number of carbonyl (C=O) groups is 2. The van der Waals surface area contributed by atoms with E-state index in [-0.39, 0.29) is 6.54 Å². The van der Waals surface area contributed by atoms with E-state index in [1.165, 1.54) is 0 Å². The summed E-state index contributed by atoms with van der Waals surface area (Å²) in [5.74, 6) is -1.74. The second-order valence-electron chi connectivity index (χ2n) is 5.89. The molecule has 0 heterocycles. The van der Waals surface area contributed by atoms with E-state index in [0.29, 0.717) is 6.42 Å². The molecule has 0 saturated carbocycles. The predicted molar refractivity (Wildman–Crippen MR) is 80.0 cm³/mol. The highest BCUT2D eigenvalue weighted by Crippen LogP contribution is 2.34. The maximum absolute atomic E-state index is 12.0. The summed E-state index contributed by atoms with van der Waals surface area (Å²) in [7, 11) is 0. The number of rotatable bonds is 5. The van der Waals surface area contributed by atoms with Crippen LogP contribution in [0.2, 0.25) is 0 Å². The second-order valence-corrected chi connectivity index (χ2v) is 5.89. The van der Waals surface area contributed by atoms with Crippen LogP contribution in [-0.4, -0.2) is 36.2 Å². The minimum absolute atomic E-state index is 0.0879. The Bertz CT molecular complexity index is 619. The van der Waals surface area contributed by atoms with Gasteiger partial charge in [0.25, 0.3) is 0 Å². The molecule has 0 radical (unpaired) electrons. The van der Waals surface area contributed by atoms with Gasteiger partial charge >= 0.3 is 6.18 Å². The van der Waals surface area contributed by atoms with Gasteiger partial charge in [0.15, 0.2) is 0 Å². The molecule has 1 aromatic rings. The van der Waals surface area contributed by atoms with Crippen LogP contribution in [0.1, 0.15) is 30.4 Å². The van der Waals surface area contributed by atoms with Gasteiger partial charge in [-0.3, -0.25) is 9.59 Å². The summed E-state index contributed by atoms with van der Waals surface area (Å²) in [6, 6.07) is 7.36. The molecule has 24 heavy (non-hydrogen) atoms. The second kappa shape index (κ2) is 7.21. The Labute approximate surface area is 137 Å². The van der Waals surface area contributed by atoms with Crippen LogP contribution in [0.4, 0.5) is 13.2 Å². The Morgan fingerprint density at radius 1 is 1.17 bits per heavy atom. The lowest BCUT2D eigenvalue weighted by molar-refractivity contribution is -0.141. The minimum atomic E-state index is -4.52. The molecule has 5 nitrogen and oxygen atoms in total. The van der Waals surface area contributed by atoms with Gasteiger partial charge in [-0.2, -0.15) is 13.2 Å². The zero-order valence-electron chi connectivity index (χ0n) is 12.9. The summed E-state index contributed by atoms with van der Waals surface area (Å²) >= 11 is 0. The summed E-state index contributed by atoms with van der Waals surface area (Å²) in [5, 5.41) is 14.8. The van der Waals surface area contributed by atoms with Crippen molar-refractivity contribution in [3.8, 4) is 0 Å². The van der Waals surface area contributed by atoms with Gasteiger partial charge in [-0.1, -0.05) is 24.3 Å². The van der Waals surface area contributed by atoms with Gasteiger partial charge in [-0.05, 0) is 30.4 Å². The first-order valence-corrected chi connectivity index (χ1v) is 7.60. The van der Waals surface area contributed by atoms with Crippen molar-refractivity contribution >= 4 is 11.8 Å². The van der Waals surface area contributed by atoms with Gasteiger partial charge in [-0.25, -0.2) is 0 Å². The van der Waals surface area contributed by atoms with E-state index in [4.69, 9.17) is 0 Å². The van der Waals surface area contributed by atoms with Crippen molar-refractivity contribution in [1.29, 1.82) is 0 Å². The van der Waals surface area contributed by atoms with E-state index in [1.807, 2.05) is 12.1 Å². The smallest absolute Gasteiger partial charge is 0.383 e. The number of benzene rings is 1. The number of hydrogen-bond acceptors (Lipinski definition) is 3. The van der Waals surface area contributed by atoms with E-state index in [2.05, 4.69) is 5.32 Å². The third-order valence-corrected chi connectivity index (χ3v) is 3.94. The number of aliphatic hydroxyl groups is 1. The fourth-order valence-electron chi connectivity index (χ4n) is 2.80.